The molecule has 0 atom stereocenters. The van der Waals surface area contributed by atoms with Crippen LogP contribution in [0, 0.1) is 10.1 Å². The van der Waals surface area contributed by atoms with Crippen molar-refractivity contribution in [3.05, 3.63) is 71.3 Å². The molecule has 0 radical (unpaired) electrons. The van der Waals surface area contributed by atoms with Crippen LogP contribution in [0.4, 0.5) is 5.69 Å². The molecule has 5 heteroatoms. The van der Waals surface area contributed by atoms with Crippen molar-refractivity contribution in [2.45, 2.75) is 12.8 Å². The molecule has 0 unspecified atom stereocenters. The maximum absolute atomic E-state index is 10.7. The molecule has 0 aliphatic heterocycles. The third-order valence-corrected chi connectivity index (χ3v) is 4.49. The number of allylic oxidation sites excluding steroid dienone is 1. The Morgan fingerprint density at radius 3 is 2.25 bits per heavy atom. The minimum atomic E-state index is -0.393. The minimum absolute atomic E-state index is 0.101. The molecule has 0 aliphatic carbocycles. The summed E-state index contributed by atoms with van der Waals surface area (Å²) in [6.45, 7) is 4.40. The van der Waals surface area contributed by atoms with Crippen molar-refractivity contribution in [1.82, 2.24) is 0 Å². The average molecular weight is 343 g/mol. The predicted molar refractivity (Wildman–Crippen MR) is 101 cm³/mol. The second-order valence-corrected chi connectivity index (χ2v) is 6.44. The van der Waals surface area contributed by atoms with Crippen molar-refractivity contribution < 1.29 is 9.66 Å². The van der Waals surface area contributed by atoms with E-state index >= 15 is 0 Å². The number of nitro groups is 1. The molecule has 2 rings (SSSR count). The second-order valence-electron chi connectivity index (χ2n) is 5.22. The molecular formula is C19H21NO3S. The molecule has 0 heterocycles. The fraction of sp³-hybridized carbons (Fsp3) is 0.263. The molecule has 0 spiro atoms. The van der Waals surface area contributed by atoms with Crippen LogP contribution in [0.25, 0.3) is 11.1 Å². The number of hydrogen-bond donors (Lipinski definition) is 0. The fourth-order valence-electron chi connectivity index (χ4n) is 2.17. The average Bonchev–Trinajstić information content (AvgIpc) is 2.61. The van der Waals surface area contributed by atoms with Crippen molar-refractivity contribution in [2.75, 3.05) is 18.1 Å². The van der Waals surface area contributed by atoms with Gasteiger partial charge in [-0.15, -0.1) is 6.58 Å². The Hall–Kier alpha value is -2.27. The molecule has 0 aromatic heterocycles. The van der Waals surface area contributed by atoms with E-state index in [2.05, 4.69) is 6.58 Å². The van der Waals surface area contributed by atoms with Crippen LogP contribution < -0.4 is 4.74 Å². The smallest absolute Gasteiger partial charge is 0.269 e. The van der Waals surface area contributed by atoms with Gasteiger partial charge in [0, 0.05) is 17.9 Å². The molecule has 2 aromatic carbocycles. The highest BCUT2D eigenvalue weighted by molar-refractivity contribution is 7.99. The largest absolute Gasteiger partial charge is 0.493 e. The molecule has 0 N–H and O–H groups in total. The van der Waals surface area contributed by atoms with E-state index in [-0.39, 0.29) is 5.69 Å². The number of ether oxygens (including phenoxy) is 1. The summed E-state index contributed by atoms with van der Waals surface area (Å²) in [6.07, 6.45) is 4.18. The zero-order chi connectivity index (χ0) is 17.2. The van der Waals surface area contributed by atoms with Gasteiger partial charge < -0.3 is 4.74 Å². The Morgan fingerprint density at radius 1 is 1.04 bits per heavy atom. The topological polar surface area (TPSA) is 52.4 Å². The van der Waals surface area contributed by atoms with Gasteiger partial charge in [-0.05, 0) is 54.0 Å². The van der Waals surface area contributed by atoms with E-state index < -0.39 is 4.92 Å². The van der Waals surface area contributed by atoms with Crippen LogP contribution >= 0.6 is 11.8 Å². The number of benzene rings is 2. The van der Waals surface area contributed by atoms with Crippen molar-refractivity contribution in [3.8, 4) is 16.9 Å². The maximum atomic E-state index is 10.7. The highest BCUT2D eigenvalue weighted by atomic mass is 32.2. The van der Waals surface area contributed by atoms with E-state index in [0.717, 1.165) is 41.2 Å². The van der Waals surface area contributed by atoms with Crippen LogP contribution in [0.1, 0.15) is 12.8 Å². The first-order valence-electron chi connectivity index (χ1n) is 7.87. The van der Waals surface area contributed by atoms with Crippen LogP contribution in [0.3, 0.4) is 0 Å². The first kappa shape index (κ1) is 18.1. The Labute approximate surface area is 146 Å². The lowest BCUT2D eigenvalue weighted by atomic mass is 10.1. The molecule has 0 aliphatic rings. The van der Waals surface area contributed by atoms with Crippen molar-refractivity contribution in [3.63, 3.8) is 0 Å². The first-order valence-corrected chi connectivity index (χ1v) is 9.02. The molecule has 24 heavy (non-hydrogen) atoms. The molecule has 0 fully saturated rings. The monoisotopic (exact) mass is 343 g/mol. The van der Waals surface area contributed by atoms with E-state index in [1.165, 1.54) is 12.1 Å². The van der Waals surface area contributed by atoms with E-state index in [1.807, 2.05) is 42.1 Å². The summed E-state index contributed by atoms with van der Waals surface area (Å²) in [7, 11) is 0. The highest BCUT2D eigenvalue weighted by Crippen LogP contribution is 2.24. The van der Waals surface area contributed by atoms with E-state index in [0.29, 0.717) is 6.61 Å². The fourth-order valence-corrected chi connectivity index (χ4v) is 2.95. The van der Waals surface area contributed by atoms with Gasteiger partial charge in [0.2, 0.25) is 0 Å². The van der Waals surface area contributed by atoms with Gasteiger partial charge in [0.05, 0.1) is 11.5 Å². The molecule has 0 amide bonds. The summed E-state index contributed by atoms with van der Waals surface area (Å²) in [5.41, 5.74) is 2.06. The molecule has 4 nitrogen and oxygen atoms in total. The zero-order valence-corrected chi connectivity index (χ0v) is 14.3. The number of nitro benzene ring substituents is 1. The van der Waals surface area contributed by atoms with Crippen LogP contribution in [0.5, 0.6) is 5.75 Å². The van der Waals surface area contributed by atoms with Crippen LogP contribution in [0.2, 0.25) is 0 Å². The summed E-state index contributed by atoms with van der Waals surface area (Å²) >= 11 is 1.89. The number of unbranched alkanes of at least 4 members (excludes halogenated alkanes) is 1. The lowest BCUT2D eigenvalue weighted by molar-refractivity contribution is -0.384. The summed E-state index contributed by atoms with van der Waals surface area (Å²) in [5.74, 6) is 2.95. The molecule has 0 bridgehead atoms. The van der Waals surface area contributed by atoms with Gasteiger partial charge in [0.25, 0.3) is 5.69 Å². The predicted octanol–water partition coefficient (Wildman–Crippen LogP) is 5.34. The number of rotatable bonds is 10. The summed E-state index contributed by atoms with van der Waals surface area (Å²) < 4.78 is 5.72. The minimum Gasteiger partial charge on any atom is -0.493 e. The highest BCUT2D eigenvalue weighted by Gasteiger charge is 2.05. The van der Waals surface area contributed by atoms with E-state index in [4.69, 9.17) is 4.74 Å². The third kappa shape index (κ3) is 5.74. The Bertz CT molecular complexity index is 653. The molecular weight excluding hydrogens is 322 g/mol. The Kier molecular flexibility index (Phi) is 7.36. The summed E-state index contributed by atoms with van der Waals surface area (Å²) in [4.78, 5) is 10.3. The van der Waals surface area contributed by atoms with Gasteiger partial charge in [-0.2, -0.15) is 11.8 Å². The Morgan fingerprint density at radius 2 is 1.67 bits per heavy atom. The van der Waals surface area contributed by atoms with Crippen molar-refractivity contribution >= 4 is 17.4 Å². The molecule has 126 valence electrons. The first-order chi connectivity index (χ1) is 11.7. The number of non-ortho nitro benzene ring substituents is 1. The normalized spacial score (nSPS) is 10.3. The number of thioether (sulfide) groups is 1. The van der Waals surface area contributed by atoms with Gasteiger partial charge in [-0.1, -0.05) is 18.2 Å². The van der Waals surface area contributed by atoms with E-state index in [1.54, 1.807) is 12.1 Å². The van der Waals surface area contributed by atoms with Crippen molar-refractivity contribution in [2.24, 2.45) is 0 Å². The maximum Gasteiger partial charge on any atom is 0.269 e. The molecule has 0 saturated heterocycles. The standard InChI is InChI=1S/C19H21NO3S/c1-2-3-4-14-24-15-13-23-19-11-7-17(8-12-19)16-5-9-18(10-6-16)20(21)22/h2,5-12H,1,3-4,13-15H2. The molecule has 0 saturated carbocycles. The second kappa shape index (κ2) is 9.78. The lowest BCUT2D eigenvalue weighted by Crippen LogP contribution is -2.00. The molecule has 2 aromatic rings. The van der Waals surface area contributed by atoms with Gasteiger partial charge in [-0.25, -0.2) is 0 Å². The van der Waals surface area contributed by atoms with Crippen molar-refractivity contribution in [1.29, 1.82) is 0 Å². The van der Waals surface area contributed by atoms with Crippen LogP contribution in [0.15, 0.2) is 61.2 Å². The Balaban J connectivity index is 1.80. The van der Waals surface area contributed by atoms with Gasteiger partial charge in [-0.3, -0.25) is 10.1 Å². The quantitative estimate of drug-likeness (QED) is 0.253. The lowest BCUT2D eigenvalue weighted by Gasteiger charge is -2.07. The van der Waals surface area contributed by atoms with E-state index in [9.17, 15) is 10.1 Å². The summed E-state index contributed by atoms with van der Waals surface area (Å²) in [5, 5.41) is 10.7. The third-order valence-electron chi connectivity index (χ3n) is 3.46. The van der Waals surface area contributed by atoms with Crippen LogP contribution in [-0.4, -0.2) is 23.0 Å². The number of nitrogens with zero attached hydrogens (tertiary/aromatic N) is 1. The number of hydrogen-bond acceptors (Lipinski definition) is 4. The van der Waals surface area contributed by atoms with Gasteiger partial charge in [0.15, 0.2) is 0 Å². The zero-order valence-electron chi connectivity index (χ0n) is 13.5. The van der Waals surface area contributed by atoms with Crippen LogP contribution in [-0.2, 0) is 0 Å². The summed E-state index contributed by atoms with van der Waals surface area (Å²) in [6, 6.07) is 14.3. The van der Waals surface area contributed by atoms with Gasteiger partial charge in [0.1, 0.15) is 5.75 Å². The van der Waals surface area contributed by atoms with Gasteiger partial charge >= 0.3 is 0 Å². The SMILES string of the molecule is C=CCCCSCCOc1ccc(-c2ccc([N+](=O)[O-])cc2)cc1.